The molecule has 0 saturated carbocycles. The van der Waals surface area contributed by atoms with Gasteiger partial charge in [-0.15, -0.1) is 0 Å². The summed E-state index contributed by atoms with van der Waals surface area (Å²) in [6, 6.07) is 22.1. The maximum atomic E-state index is 13.2. The highest BCUT2D eigenvalue weighted by Gasteiger charge is 2.24. The second-order valence-electron chi connectivity index (χ2n) is 8.78. The lowest BCUT2D eigenvalue weighted by Crippen LogP contribution is -2.15. The third kappa shape index (κ3) is 4.15. The first-order chi connectivity index (χ1) is 14.7. The van der Waals surface area contributed by atoms with Crippen molar-refractivity contribution in [2.45, 2.75) is 33.1 Å². The Labute approximate surface area is 181 Å². The van der Waals surface area contributed by atoms with Crippen LogP contribution in [0.15, 0.2) is 77.2 Å². The third-order valence-corrected chi connectivity index (χ3v) is 5.37. The van der Waals surface area contributed by atoms with Crippen LogP contribution >= 0.6 is 0 Å². The van der Waals surface area contributed by atoms with Crippen LogP contribution in [0.25, 0.3) is 11.0 Å². The van der Waals surface area contributed by atoms with Crippen molar-refractivity contribution >= 4 is 28.3 Å². The highest BCUT2D eigenvalue weighted by atomic mass is 16.3. The van der Waals surface area contributed by atoms with Gasteiger partial charge in [0.15, 0.2) is 5.76 Å². The molecule has 4 nitrogen and oxygen atoms in total. The number of carbonyl (C=O) groups is 2. The first kappa shape index (κ1) is 20.6. The lowest BCUT2D eigenvalue weighted by Gasteiger charge is -2.19. The van der Waals surface area contributed by atoms with Crippen LogP contribution in [0.5, 0.6) is 0 Å². The van der Waals surface area contributed by atoms with Crippen LogP contribution in [-0.4, -0.2) is 11.7 Å². The zero-order chi connectivity index (χ0) is 22.2. The molecule has 0 aliphatic rings. The summed E-state index contributed by atoms with van der Waals surface area (Å²) in [7, 11) is 0. The normalized spacial score (nSPS) is 11.5. The van der Waals surface area contributed by atoms with Crippen LogP contribution in [0.4, 0.5) is 5.69 Å². The Morgan fingerprint density at radius 3 is 2.06 bits per heavy atom. The number of ketones is 1. The Morgan fingerprint density at radius 2 is 1.42 bits per heavy atom. The first-order valence-electron chi connectivity index (χ1n) is 10.3. The average Bonchev–Trinajstić information content (AvgIpc) is 3.11. The van der Waals surface area contributed by atoms with Gasteiger partial charge in [0.05, 0.1) is 5.69 Å². The zero-order valence-corrected chi connectivity index (χ0v) is 18.2. The molecule has 4 aromatic rings. The molecule has 0 fully saturated rings. The van der Waals surface area contributed by atoms with E-state index in [-0.39, 0.29) is 22.9 Å². The molecule has 0 spiro atoms. The Hall–Kier alpha value is -3.66. The van der Waals surface area contributed by atoms with E-state index in [0.717, 1.165) is 11.1 Å². The van der Waals surface area contributed by atoms with Crippen LogP contribution in [0.3, 0.4) is 0 Å². The number of para-hydroxylation sites is 1. The molecular formula is C27H25NO3. The largest absolute Gasteiger partial charge is 0.450 e. The van der Waals surface area contributed by atoms with Crippen molar-refractivity contribution in [3.05, 3.63) is 101 Å². The maximum Gasteiger partial charge on any atom is 0.255 e. The van der Waals surface area contributed by atoms with Crippen LogP contribution < -0.4 is 5.32 Å². The molecule has 31 heavy (non-hydrogen) atoms. The van der Waals surface area contributed by atoms with Gasteiger partial charge in [-0.2, -0.15) is 0 Å². The van der Waals surface area contributed by atoms with E-state index in [4.69, 9.17) is 4.42 Å². The molecule has 4 heteroatoms. The van der Waals surface area contributed by atoms with Gasteiger partial charge in [0, 0.05) is 16.5 Å². The van der Waals surface area contributed by atoms with E-state index in [0.29, 0.717) is 27.8 Å². The van der Waals surface area contributed by atoms with Crippen molar-refractivity contribution in [3.63, 3.8) is 0 Å². The molecule has 0 saturated heterocycles. The first-order valence-corrected chi connectivity index (χ1v) is 10.3. The SMILES string of the molecule is Cc1ccc(C(=O)c2oc3ccccc3c2NC(=O)c2ccc(C(C)(C)C)cc2)cc1. The average molecular weight is 412 g/mol. The van der Waals surface area contributed by atoms with Crippen molar-refractivity contribution < 1.29 is 14.0 Å². The molecule has 1 aromatic heterocycles. The molecule has 156 valence electrons. The molecule has 3 aromatic carbocycles. The zero-order valence-electron chi connectivity index (χ0n) is 18.2. The van der Waals surface area contributed by atoms with E-state index in [1.54, 1.807) is 30.3 Å². The van der Waals surface area contributed by atoms with E-state index in [1.807, 2.05) is 49.4 Å². The summed E-state index contributed by atoms with van der Waals surface area (Å²) in [4.78, 5) is 26.2. The molecular weight excluding hydrogens is 386 g/mol. The summed E-state index contributed by atoms with van der Waals surface area (Å²) < 4.78 is 5.88. The summed E-state index contributed by atoms with van der Waals surface area (Å²) >= 11 is 0. The van der Waals surface area contributed by atoms with Crippen LogP contribution in [0.2, 0.25) is 0 Å². The lowest BCUT2D eigenvalue weighted by molar-refractivity contribution is 0.101. The highest BCUT2D eigenvalue weighted by Crippen LogP contribution is 2.33. The van der Waals surface area contributed by atoms with Gasteiger partial charge in [-0.1, -0.05) is 74.9 Å². The van der Waals surface area contributed by atoms with Crippen molar-refractivity contribution in [1.82, 2.24) is 0 Å². The summed E-state index contributed by atoms with van der Waals surface area (Å²) in [6.07, 6.45) is 0. The minimum Gasteiger partial charge on any atom is -0.450 e. The number of aryl methyl sites for hydroxylation is 1. The number of fused-ring (bicyclic) bond motifs is 1. The Bertz CT molecular complexity index is 1260. The molecule has 1 amide bonds. The van der Waals surface area contributed by atoms with Crippen LogP contribution in [-0.2, 0) is 5.41 Å². The summed E-state index contributed by atoms with van der Waals surface area (Å²) in [5, 5.41) is 3.61. The van der Waals surface area contributed by atoms with Crippen molar-refractivity contribution in [2.24, 2.45) is 0 Å². The van der Waals surface area contributed by atoms with Gasteiger partial charge in [0.25, 0.3) is 5.91 Å². The lowest BCUT2D eigenvalue weighted by atomic mass is 9.86. The topological polar surface area (TPSA) is 59.3 Å². The standard InChI is InChI=1S/C27H25NO3/c1-17-9-11-18(12-10-17)24(29)25-23(21-7-5-6-8-22(21)31-25)28-26(30)19-13-15-20(16-14-19)27(2,3)4/h5-16H,1-4H3,(H,28,30). The quantitative estimate of drug-likeness (QED) is 0.389. The minimum absolute atomic E-state index is 0.00337. The van der Waals surface area contributed by atoms with Crippen LogP contribution in [0, 0.1) is 6.92 Å². The minimum atomic E-state index is -0.287. The number of hydrogen-bond donors (Lipinski definition) is 1. The molecule has 4 rings (SSSR count). The monoisotopic (exact) mass is 411 g/mol. The number of rotatable bonds is 4. The van der Waals surface area contributed by atoms with Gasteiger partial charge in [0.2, 0.25) is 5.78 Å². The molecule has 0 bridgehead atoms. The van der Waals surface area contributed by atoms with Crippen LogP contribution in [0.1, 0.15) is 58.4 Å². The van der Waals surface area contributed by atoms with E-state index in [9.17, 15) is 9.59 Å². The fraction of sp³-hybridized carbons (Fsp3) is 0.185. The predicted molar refractivity (Wildman–Crippen MR) is 124 cm³/mol. The third-order valence-electron chi connectivity index (χ3n) is 5.37. The molecule has 0 unspecified atom stereocenters. The van der Waals surface area contributed by atoms with Gasteiger partial charge in [-0.25, -0.2) is 0 Å². The van der Waals surface area contributed by atoms with E-state index in [2.05, 4.69) is 26.1 Å². The number of anilines is 1. The van der Waals surface area contributed by atoms with E-state index >= 15 is 0 Å². The molecule has 1 heterocycles. The fourth-order valence-corrected chi connectivity index (χ4v) is 3.47. The molecule has 1 N–H and O–H groups in total. The Kier molecular flexibility index (Phi) is 5.24. The summed E-state index contributed by atoms with van der Waals surface area (Å²) in [5.74, 6) is -0.427. The number of nitrogens with one attached hydrogen (secondary N) is 1. The molecule has 0 radical (unpaired) electrons. The molecule has 0 atom stereocenters. The van der Waals surface area contributed by atoms with Gasteiger partial charge in [-0.05, 0) is 42.2 Å². The van der Waals surface area contributed by atoms with Crippen molar-refractivity contribution in [1.29, 1.82) is 0 Å². The summed E-state index contributed by atoms with van der Waals surface area (Å²) in [6.45, 7) is 8.35. The number of furan rings is 1. The number of benzene rings is 3. The second-order valence-corrected chi connectivity index (χ2v) is 8.78. The second kappa shape index (κ2) is 7.88. The fourth-order valence-electron chi connectivity index (χ4n) is 3.47. The van der Waals surface area contributed by atoms with Crippen molar-refractivity contribution in [3.8, 4) is 0 Å². The highest BCUT2D eigenvalue weighted by molar-refractivity contribution is 6.18. The van der Waals surface area contributed by atoms with E-state index in [1.165, 1.54) is 0 Å². The van der Waals surface area contributed by atoms with Gasteiger partial charge < -0.3 is 9.73 Å². The van der Waals surface area contributed by atoms with E-state index < -0.39 is 0 Å². The van der Waals surface area contributed by atoms with Gasteiger partial charge in [0.1, 0.15) is 5.58 Å². The Balaban J connectivity index is 1.71. The summed E-state index contributed by atoms with van der Waals surface area (Å²) in [5.41, 5.74) is 4.19. The number of carbonyl (C=O) groups excluding carboxylic acids is 2. The smallest absolute Gasteiger partial charge is 0.255 e. The molecule has 0 aliphatic heterocycles. The van der Waals surface area contributed by atoms with Gasteiger partial charge in [-0.3, -0.25) is 9.59 Å². The maximum absolute atomic E-state index is 13.2. The number of amides is 1. The Morgan fingerprint density at radius 1 is 0.806 bits per heavy atom. The van der Waals surface area contributed by atoms with Crippen molar-refractivity contribution in [2.75, 3.05) is 5.32 Å². The van der Waals surface area contributed by atoms with Gasteiger partial charge >= 0.3 is 0 Å². The molecule has 0 aliphatic carbocycles. The number of hydrogen-bond acceptors (Lipinski definition) is 3. The predicted octanol–water partition coefficient (Wildman–Crippen LogP) is 6.52.